The van der Waals surface area contributed by atoms with Crippen LogP contribution < -0.4 is 10.6 Å². The number of anilines is 2. The van der Waals surface area contributed by atoms with E-state index in [0.717, 1.165) is 18.1 Å². The zero-order valence-corrected chi connectivity index (χ0v) is 10.2. The first-order valence-corrected chi connectivity index (χ1v) is 5.63. The number of pyridine rings is 1. The predicted molar refractivity (Wildman–Crippen MR) is 71.9 cm³/mol. The van der Waals surface area contributed by atoms with E-state index < -0.39 is 0 Å². The highest BCUT2D eigenvalue weighted by atomic mass is 15.2. The number of nitrogens with two attached hydrogens (primary N) is 1. The number of hydrogen-bond donors (Lipinski definition) is 1. The lowest BCUT2D eigenvalue weighted by molar-refractivity contribution is 0.897. The SMILES string of the molecule is Cc1ccc(N(C)Cc2cccc(N)c2)nc1. The van der Waals surface area contributed by atoms with E-state index in [9.17, 15) is 0 Å². The van der Waals surface area contributed by atoms with E-state index in [1.54, 1.807) is 0 Å². The summed E-state index contributed by atoms with van der Waals surface area (Å²) in [7, 11) is 2.03. The van der Waals surface area contributed by atoms with E-state index in [0.29, 0.717) is 0 Å². The summed E-state index contributed by atoms with van der Waals surface area (Å²) >= 11 is 0. The van der Waals surface area contributed by atoms with Crippen LogP contribution in [-0.2, 0) is 6.54 Å². The molecule has 0 radical (unpaired) electrons. The largest absolute Gasteiger partial charge is 0.399 e. The van der Waals surface area contributed by atoms with E-state index in [-0.39, 0.29) is 0 Å². The quantitative estimate of drug-likeness (QED) is 0.819. The van der Waals surface area contributed by atoms with Crippen LogP contribution in [-0.4, -0.2) is 12.0 Å². The van der Waals surface area contributed by atoms with Crippen LogP contribution in [0.15, 0.2) is 42.6 Å². The summed E-state index contributed by atoms with van der Waals surface area (Å²) in [6.07, 6.45) is 1.88. The summed E-state index contributed by atoms with van der Waals surface area (Å²) in [5.74, 6) is 0.970. The summed E-state index contributed by atoms with van der Waals surface area (Å²) in [4.78, 5) is 6.50. The zero-order valence-electron chi connectivity index (χ0n) is 10.2. The van der Waals surface area contributed by atoms with Gasteiger partial charge in [-0.15, -0.1) is 0 Å². The first-order valence-electron chi connectivity index (χ1n) is 5.63. The molecule has 0 atom stereocenters. The number of benzene rings is 1. The van der Waals surface area contributed by atoms with Crippen molar-refractivity contribution in [3.8, 4) is 0 Å². The lowest BCUT2D eigenvalue weighted by Crippen LogP contribution is -2.17. The van der Waals surface area contributed by atoms with Gasteiger partial charge in [0.2, 0.25) is 0 Å². The Morgan fingerprint density at radius 2 is 2.06 bits per heavy atom. The molecule has 0 unspecified atom stereocenters. The van der Waals surface area contributed by atoms with Gasteiger partial charge in [0.1, 0.15) is 5.82 Å². The molecule has 0 saturated carbocycles. The highest BCUT2D eigenvalue weighted by Crippen LogP contribution is 2.14. The maximum absolute atomic E-state index is 5.76. The lowest BCUT2D eigenvalue weighted by atomic mass is 10.2. The summed E-state index contributed by atoms with van der Waals surface area (Å²) in [6.45, 7) is 2.84. The number of rotatable bonds is 3. The molecule has 0 spiro atoms. The molecule has 2 rings (SSSR count). The van der Waals surface area contributed by atoms with Gasteiger partial charge >= 0.3 is 0 Å². The van der Waals surface area contributed by atoms with Crippen molar-refractivity contribution in [2.45, 2.75) is 13.5 Å². The Morgan fingerprint density at radius 1 is 1.24 bits per heavy atom. The molecule has 0 aliphatic heterocycles. The minimum atomic E-state index is 0.799. The molecule has 0 amide bonds. The van der Waals surface area contributed by atoms with Gasteiger partial charge in [-0.2, -0.15) is 0 Å². The fourth-order valence-corrected chi connectivity index (χ4v) is 1.73. The topological polar surface area (TPSA) is 42.1 Å². The average molecular weight is 227 g/mol. The number of nitrogen functional groups attached to an aromatic ring is 1. The molecule has 1 aromatic heterocycles. The molecule has 2 aromatic rings. The van der Waals surface area contributed by atoms with E-state index in [1.165, 1.54) is 11.1 Å². The Balaban J connectivity index is 2.11. The van der Waals surface area contributed by atoms with Gasteiger partial charge in [-0.05, 0) is 36.2 Å². The highest BCUT2D eigenvalue weighted by molar-refractivity contribution is 5.44. The van der Waals surface area contributed by atoms with Gasteiger partial charge in [0.25, 0.3) is 0 Å². The standard InChI is InChI=1S/C14H17N3/c1-11-6-7-14(16-9-11)17(2)10-12-4-3-5-13(15)8-12/h3-9H,10,15H2,1-2H3. The second kappa shape index (κ2) is 4.87. The number of aromatic nitrogens is 1. The zero-order chi connectivity index (χ0) is 12.3. The Hall–Kier alpha value is -2.03. The normalized spacial score (nSPS) is 10.2. The Kier molecular flexibility index (Phi) is 3.28. The first-order chi connectivity index (χ1) is 8.15. The summed E-state index contributed by atoms with van der Waals surface area (Å²) in [6, 6.07) is 12.0. The van der Waals surface area contributed by atoms with Crippen molar-refractivity contribution in [3.63, 3.8) is 0 Å². The molecule has 17 heavy (non-hydrogen) atoms. The molecule has 3 nitrogen and oxygen atoms in total. The molecule has 0 aliphatic carbocycles. The Bertz CT molecular complexity index is 491. The summed E-state index contributed by atoms with van der Waals surface area (Å²) in [5, 5.41) is 0. The molecule has 3 heteroatoms. The van der Waals surface area contributed by atoms with Crippen molar-refractivity contribution < 1.29 is 0 Å². The van der Waals surface area contributed by atoms with Crippen molar-refractivity contribution in [1.82, 2.24) is 4.98 Å². The molecule has 0 aliphatic rings. The highest BCUT2D eigenvalue weighted by Gasteiger charge is 2.03. The van der Waals surface area contributed by atoms with Gasteiger partial charge in [0.15, 0.2) is 0 Å². The van der Waals surface area contributed by atoms with Crippen molar-refractivity contribution in [2.24, 2.45) is 0 Å². The van der Waals surface area contributed by atoms with Crippen LogP contribution in [0.4, 0.5) is 11.5 Å². The maximum Gasteiger partial charge on any atom is 0.128 e. The minimum absolute atomic E-state index is 0.799. The van der Waals surface area contributed by atoms with Gasteiger partial charge in [-0.3, -0.25) is 0 Å². The van der Waals surface area contributed by atoms with E-state index in [2.05, 4.69) is 22.0 Å². The van der Waals surface area contributed by atoms with Crippen molar-refractivity contribution in [1.29, 1.82) is 0 Å². The second-order valence-corrected chi connectivity index (χ2v) is 4.29. The van der Waals surface area contributed by atoms with Crippen LogP contribution in [0.5, 0.6) is 0 Å². The van der Waals surface area contributed by atoms with Gasteiger partial charge in [-0.1, -0.05) is 18.2 Å². The molecule has 2 N–H and O–H groups in total. The van der Waals surface area contributed by atoms with Crippen molar-refractivity contribution >= 4 is 11.5 Å². The van der Waals surface area contributed by atoms with Crippen LogP contribution in [0.1, 0.15) is 11.1 Å². The van der Waals surface area contributed by atoms with Gasteiger partial charge < -0.3 is 10.6 Å². The minimum Gasteiger partial charge on any atom is -0.399 e. The second-order valence-electron chi connectivity index (χ2n) is 4.29. The fraction of sp³-hybridized carbons (Fsp3) is 0.214. The molecular weight excluding hydrogens is 210 g/mol. The molecule has 88 valence electrons. The molecule has 1 heterocycles. The molecule has 0 bridgehead atoms. The van der Waals surface area contributed by atoms with Gasteiger partial charge in [0, 0.05) is 25.5 Å². The predicted octanol–water partition coefficient (Wildman–Crippen LogP) is 2.61. The van der Waals surface area contributed by atoms with Crippen molar-refractivity contribution in [3.05, 3.63) is 53.7 Å². The third kappa shape index (κ3) is 2.97. The fourth-order valence-electron chi connectivity index (χ4n) is 1.73. The van der Waals surface area contributed by atoms with Crippen LogP contribution >= 0.6 is 0 Å². The third-order valence-corrected chi connectivity index (χ3v) is 2.66. The van der Waals surface area contributed by atoms with Crippen LogP contribution in [0.3, 0.4) is 0 Å². The smallest absolute Gasteiger partial charge is 0.128 e. The lowest BCUT2D eigenvalue weighted by Gasteiger charge is -2.18. The Labute approximate surface area is 102 Å². The van der Waals surface area contributed by atoms with E-state index in [1.807, 2.05) is 44.4 Å². The van der Waals surface area contributed by atoms with E-state index in [4.69, 9.17) is 5.73 Å². The monoisotopic (exact) mass is 227 g/mol. The summed E-state index contributed by atoms with van der Waals surface area (Å²) in [5.41, 5.74) is 8.92. The van der Waals surface area contributed by atoms with Gasteiger partial charge in [0.05, 0.1) is 0 Å². The van der Waals surface area contributed by atoms with Gasteiger partial charge in [-0.25, -0.2) is 4.98 Å². The first kappa shape index (κ1) is 11.5. The average Bonchev–Trinajstić information content (AvgIpc) is 2.29. The molecule has 1 aromatic carbocycles. The van der Waals surface area contributed by atoms with Crippen LogP contribution in [0, 0.1) is 6.92 Å². The van der Waals surface area contributed by atoms with Crippen LogP contribution in [0.25, 0.3) is 0 Å². The number of aryl methyl sites for hydroxylation is 1. The Morgan fingerprint density at radius 3 is 2.71 bits per heavy atom. The number of nitrogens with zero attached hydrogens (tertiary/aromatic N) is 2. The molecule has 0 saturated heterocycles. The summed E-state index contributed by atoms with van der Waals surface area (Å²) < 4.78 is 0. The van der Waals surface area contributed by atoms with Crippen LogP contribution in [0.2, 0.25) is 0 Å². The number of hydrogen-bond acceptors (Lipinski definition) is 3. The third-order valence-electron chi connectivity index (χ3n) is 2.66. The van der Waals surface area contributed by atoms with E-state index >= 15 is 0 Å². The molecule has 0 fully saturated rings. The maximum atomic E-state index is 5.76. The van der Waals surface area contributed by atoms with Crippen molar-refractivity contribution in [2.75, 3.05) is 17.7 Å². The molecular formula is C14H17N3.